The summed E-state index contributed by atoms with van der Waals surface area (Å²) in [5.41, 5.74) is 1.66. The number of halogens is 1. The molecule has 0 aliphatic heterocycles. The number of benzene rings is 1. The standard InChI is InChI=1S/C14H13BrN2OS/c1-9-7-13(16-8-12(9)15)17-14(18)10-3-5-11(19-2)6-4-10/h3-8H,1-2H3,(H,16,17,18). The summed E-state index contributed by atoms with van der Waals surface area (Å²) in [5, 5.41) is 2.79. The largest absolute Gasteiger partial charge is 0.307 e. The molecule has 5 heteroatoms. The SMILES string of the molecule is CSc1ccc(C(=O)Nc2cc(C)c(Br)cn2)cc1. The third-order valence-corrected chi connectivity index (χ3v) is 4.21. The summed E-state index contributed by atoms with van der Waals surface area (Å²) in [6.07, 6.45) is 3.69. The van der Waals surface area contributed by atoms with Gasteiger partial charge in [0.2, 0.25) is 0 Å². The van der Waals surface area contributed by atoms with Gasteiger partial charge < -0.3 is 5.32 Å². The lowest BCUT2D eigenvalue weighted by molar-refractivity contribution is 0.102. The molecule has 0 saturated heterocycles. The first-order valence-electron chi connectivity index (χ1n) is 5.67. The van der Waals surface area contributed by atoms with Crippen LogP contribution in [-0.2, 0) is 0 Å². The van der Waals surface area contributed by atoms with Gasteiger partial charge in [0.1, 0.15) is 5.82 Å². The minimum atomic E-state index is -0.151. The zero-order valence-electron chi connectivity index (χ0n) is 10.6. The van der Waals surface area contributed by atoms with Gasteiger partial charge in [0.15, 0.2) is 0 Å². The molecule has 2 aromatic rings. The van der Waals surface area contributed by atoms with Crippen LogP contribution < -0.4 is 5.32 Å². The zero-order valence-corrected chi connectivity index (χ0v) is 13.0. The predicted octanol–water partition coefficient (Wildman–Crippen LogP) is 4.13. The average molecular weight is 337 g/mol. The van der Waals surface area contributed by atoms with Gasteiger partial charge in [-0.05, 0) is 65.0 Å². The van der Waals surface area contributed by atoms with Gasteiger partial charge in [-0.2, -0.15) is 0 Å². The van der Waals surface area contributed by atoms with E-state index >= 15 is 0 Å². The second-order valence-corrected chi connectivity index (χ2v) is 5.74. The number of carbonyl (C=O) groups is 1. The Morgan fingerprint density at radius 1 is 1.32 bits per heavy atom. The van der Waals surface area contributed by atoms with Crippen LogP contribution in [0.1, 0.15) is 15.9 Å². The molecule has 2 rings (SSSR count). The van der Waals surface area contributed by atoms with Crippen LogP contribution in [0.4, 0.5) is 5.82 Å². The maximum atomic E-state index is 12.0. The molecule has 0 radical (unpaired) electrons. The van der Waals surface area contributed by atoms with E-state index in [4.69, 9.17) is 0 Å². The van der Waals surface area contributed by atoms with Crippen LogP contribution in [0.3, 0.4) is 0 Å². The summed E-state index contributed by atoms with van der Waals surface area (Å²) in [4.78, 5) is 17.3. The van der Waals surface area contributed by atoms with Crippen molar-refractivity contribution in [3.63, 3.8) is 0 Å². The Morgan fingerprint density at radius 2 is 2.00 bits per heavy atom. The Balaban J connectivity index is 2.13. The number of carbonyl (C=O) groups excluding carboxylic acids is 1. The second kappa shape index (κ2) is 6.21. The Kier molecular flexibility index (Phi) is 4.61. The summed E-state index contributed by atoms with van der Waals surface area (Å²) >= 11 is 5.03. The van der Waals surface area contributed by atoms with Crippen molar-refractivity contribution in [2.24, 2.45) is 0 Å². The number of anilines is 1. The molecule has 98 valence electrons. The number of aromatic nitrogens is 1. The van der Waals surface area contributed by atoms with Crippen LogP contribution in [0.5, 0.6) is 0 Å². The number of hydrogen-bond acceptors (Lipinski definition) is 3. The van der Waals surface area contributed by atoms with E-state index in [1.54, 1.807) is 18.0 Å². The van der Waals surface area contributed by atoms with E-state index in [-0.39, 0.29) is 5.91 Å². The van der Waals surface area contributed by atoms with Crippen molar-refractivity contribution >= 4 is 39.4 Å². The van der Waals surface area contributed by atoms with Crippen LogP contribution in [-0.4, -0.2) is 17.1 Å². The van der Waals surface area contributed by atoms with Crippen molar-refractivity contribution in [2.45, 2.75) is 11.8 Å². The number of amides is 1. The third kappa shape index (κ3) is 3.58. The fourth-order valence-electron chi connectivity index (χ4n) is 1.54. The Morgan fingerprint density at radius 3 is 2.58 bits per heavy atom. The van der Waals surface area contributed by atoms with Gasteiger partial charge >= 0.3 is 0 Å². The third-order valence-electron chi connectivity index (χ3n) is 2.64. The molecule has 0 spiro atoms. The van der Waals surface area contributed by atoms with Gasteiger partial charge in [0, 0.05) is 21.1 Å². The minimum absolute atomic E-state index is 0.151. The number of pyridine rings is 1. The van der Waals surface area contributed by atoms with E-state index < -0.39 is 0 Å². The molecule has 1 heterocycles. The monoisotopic (exact) mass is 336 g/mol. The number of aryl methyl sites for hydroxylation is 1. The van der Waals surface area contributed by atoms with E-state index in [1.807, 2.05) is 43.5 Å². The smallest absolute Gasteiger partial charge is 0.256 e. The molecule has 3 nitrogen and oxygen atoms in total. The number of nitrogens with one attached hydrogen (secondary N) is 1. The quantitative estimate of drug-likeness (QED) is 0.857. The molecule has 0 unspecified atom stereocenters. The van der Waals surface area contributed by atoms with E-state index in [2.05, 4.69) is 26.2 Å². The van der Waals surface area contributed by atoms with Gasteiger partial charge in [-0.1, -0.05) is 0 Å². The predicted molar refractivity (Wildman–Crippen MR) is 82.9 cm³/mol. The number of rotatable bonds is 3. The highest BCUT2D eigenvalue weighted by atomic mass is 79.9. The molecule has 0 fully saturated rings. The summed E-state index contributed by atoms with van der Waals surface area (Å²) in [5.74, 6) is 0.404. The molecule has 0 saturated carbocycles. The van der Waals surface area contributed by atoms with E-state index in [0.29, 0.717) is 11.4 Å². The Labute approximate surface area is 125 Å². The van der Waals surface area contributed by atoms with E-state index in [1.165, 1.54) is 0 Å². The number of nitrogens with zero attached hydrogens (tertiary/aromatic N) is 1. The summed E-state index contributed by atoms with van der Waals surface area (Å²) < 4.78 is 0.926. The van der Waals surface area contributed by atoms with Crippen LogP contribution >= 0.6 is 27.7 Å². The summed E-state index contributed by atoms with van der Waals surface area (Å²) in [6.45, 7) is 1.95. The lowest BCUT2D eigenvalue weighted by atomic mass is 10.2. The second-order valence-electron chi connectivity index (χ2n) is 4.00. The van der Waals surface area contributed by atoms with Crippen LogP contribution in [0.15, 0.2) is 45.9 Å². The van der Waals surface area contributed by atoms with E-state index in [0.717, 1.165) is 14.9 Å². The molecular formula is C14H13BrN2OS. The lowest BCUT2D eigenvalue weighted by Crippen LogP contribution is -2.12. The van der Waals surface area contributed by atoms with Crippen LogP contribution in [0.25, 0.3) is 0 Å². The van der Waals surface area contributed by atoms with Crippen LogP contribution in [0.2, 0.25) is 0 Å². The number of hydrogen-bond donors (Lipinski definition) is 1. The first-order valence-corrected chi connectivity index (χ1v) is 7.69. The van der Waals surface area contributed by atoms with Gasteiger partial charge in [-0.3, -0.25) is 4.79 Å². The highest BCUT2D eigenvalue weighted by Crippen LogP contribution is 2.18. The normalized spacial score (nSPS) is 10.3. The molecule has 0 bridgehead atoms. The maximum Gasteiger partial charge on any atom is 0.256 e. The van der Waals surface area contributed by atoms with Crippen molar-refractivity contribution in [2.75, 3.05) is 11.6 Å². The molecule has 1 N–H and O–H groups in total. The van der Waals surface area contributed by atoms with Gasteiger partial charge in [-0.25, -0.2) is 4.98 Å². The molecule has 0 atom stereocenters. The van der Waals surface area contributed by atoms with Crippen molar-refractivity contribution in [3.05, 3.63) is 52.1 Å². The summed E-state index contributed by atoms with van der Waals surface area (Å²) in [7, 11) is 0. The molecule has 1 aromatic carbocycles. The number of thioether (sulfide) groups is 1. The van der Waals surface area contributed by atoms with E-state index in [9.17, 15) is 4.79 Å². The molecule has 0 aliphatic carbocycles. The van der Waals surface area contributed by atoms with Gasteiger partial charge in [-0.15, -0.1) is 11.8 Å². The van der Waals surface area contributed by atoms with Gasteiger partial charge in [0.25, 0.3) is 5.91 Å². The van der Waals surface area contributed by atoms with Crippen molar-refractivity contribution in [1.82, 2.24) is 4.98 Å². The highest BCUT2D eigenvalue weighted by molar-refractivity contribution is 9.10. The molecule has 1 amide bonds. The maximum absolute atomic E-state index is 12.0. The lowest BCUT2D eigenvalue weighted by Gasteiger charge is -2.06. The fourth-order valence-corrected chi connectivity index (χ4v) is 2.16. The highest BCUT2D eigenvalue weighted by Gasteiger charge is 2.07. The molecule has 1 aromatic heterocycles. The average Bonchev–Trinajstić information content (AvgIpc) is 2.43. The van der Waals surface area contributed by atoms with Gasteiger partial charge in [0.05, 0.1) is 0 Å². The molecule has 0 aliphatic rings. The first-order chi connectivity index (χ1) is 9.10. The first kappa shape index (κ1) is 14.1. The molecule has 19 heavy (non-hydrogen) atoms. The topological polar surface area (TPSA) is 42.0 Å². The van der Waals surface area contributed by atoms with Crippen LogP contribution in [0, 0.1) is 6.92 Å². The fraction of sp³-hybridized carbons (Fsp3) is 0.143. The van der Waals surface area contributed by atoms with Crippen molar-refractivity contribution in [1.29, 1.82) is 0 Å². The Bertz CT molecular complexity index is 599. The zero-order chi connectivity index (χ0) is 13.8. The molecular weight excluding hydrogens is 324 g/mol. The Hall–Kier alpha value is -1.33. The minimum Gasteiger partial charge on any atom is -0.307 e. The summed E-state index contributed by atoms with van der Waals surface area (Å²) in [6, 6.07) is 9.32. The van der Waals surface area contributed by atoms with Crippen molar-refractivity contribution < 1.29 is 4.79 Å². The van der Waals surface area contributed by atoms with Crippen molar-refractivity contribution in [3.8, 4) is 0 Å².